The number of hydrogen-bond acceptors (Lipinski definition) is 5. The molecular weight excluding hydrogens is 292 g/mol. The van der Waals surface area contributed by atoms with Crippen LogP contribution in [0.3, 0.4) is 0 Å². The van der Waals surface area contributed by atoms with Crippen molar-refractivity contribution in [2.75, 3.05) is 6.54 Å². The van der Waals surface area contributed by atoms with Gasteiger partial charge in [0.2, 0.25) is 17.6 Å². The van der Waals surface area contributed by atoms with Gasteiger partial charge in [-0.2, -0.15) is 4.98 Å². The van der Waals surface area contributed by atoms with Gasteiger partial charge in [-0.15, -0.1) is 0 Å². The Hall–Kier alpha value is -2.21. The lowest BCUT2D eigenvalue weighted by Gasteiger charge is -2.32. The highest BCUT2D eigenvalue weighted by Gasteiger charge is 2.28. The van der Waals surface area contributed by atoms with Crippen LogP contribution in [-0.4, -0.2) is 33.5 Å². The summed E-state index contributed by atoms with van der Waals surface area (Å²) in [5.41, 5.74) is 7.69. The Morgan fingerprint density at radius 3 is 2.83 bits per heavy atom. The fourth-order valence-corrected chi connectivity index (χ4v) is 3.00. The standard InChI is InChI=1S/C17H22N4O2/c1-2-12-6-8-13(9-7-12)17-19-15(23-20-17)11-21-10-4-3-5-14(21)16(18)22/h6-9,14H,2-5,10-11H2,1H3,(H2,18,22)/t14-/m1/s1. The normalized spacial score (nSPS) is 18.9. The lowest BCUT2D eigenvalue weighted by Crippen LogP contribution is -2.47. The quantitative estimate of drug-likeness (QED) is 0.914. The van der Waals surface area contributed by atoms with Crippen LogP contribution < -0.4 is 5.73 Å². The Morgan fingerprint density at radius 2 is 2.13 bits per heavy atom. The predicted octanol–water partition coefficient (Wildman–Crippen LogP) is 2.14. The van der Waals surface area contributed by atoms with Gasteiger partial charge in [-0.25, -0.2) is 0 Å². The summed E-state index contributed by atoms with van der Waals surface area (Å²) < 4.78 is 5.35. The van der Waals surface area contributed by atoms with E-state index in [0.29, 0.717) is 18.3 Å². The SMILES string of the molecule is CCc1ccc(-c2noc(CN3CCCC[C@@H]3C(N)=O)n2)cc1. The number of nitrogens with zero attached hydrogens (tertiary/aromatic N) is 3. The van der Waals surface area contributed by atoms with E-state index in [1.807, 2.05) is 17.0 Å². The van der Waals surface area contributed by atoms with Crippen molar-refractivity contribution in [1.82, 2.24) is 15.0 Å². The molecule has 1 amide bonds. The molecule has 3 rings (SSSR count). The number of nitrogens with two attached hydrogens (primary N) is 1. The largest absolute Gasteiger partial charge is 0.368 e. The highest BCUT2D eigenvalue weighted by Crippen LogP contribution is 2.21. The lowest BCUT2D eigenvalue weighted by atomic mass is 10.0. The van der Waals surface area contributed by atoms with Crippen LogP contribution in [0.25, 0.3) is 11.4 Å². The van der Waals surface area contributed by atoms with Crippen molar-refractivity contribution in [3.05, 3.63) is 35.7 Å². The molecule has 2 heterocycles. The van der Waals surface area contributed by atoms with Crippen molar-refractivity contribution in [2.24, 2.45) is 5.73 Å². The molecule has 2 N–H and O–H groups in total. The highest BCUT2D eigenvalue weighted by molar-refractivity contribution is 5.79. The average Bonchev–Trinajstić information content (AvgIpc) is 3.04. The molecule has 0 aliphatic carbocycles. The van der Waals surface area contributed by atoms with Gasteiger partial charge in [0, 0.05) is 5.56 Å². The molecule has 1 atom stereocenters. The number of amides is 1. The van der Waals surface area contributed by atoms with Crippen molar-refractivity contribution in [3.63, 3.8) is 0 Å². The van der Waals surface area contributed by atoms with E-state index in [4.69, 9.17) is 10.3 Å². The van der Waals surface area contributed by atoms with Gasteiger partial charge in [0.25, 0.3) is 0 Å². The third kappa shape index (κ3) is 3.59. The maximum atomic E-state index is 11.6. The second-order valence-electron chi connectivity index (χ2n) is 5.95. The second kappa shape index (κ2) is 6.91. The summed E-state index contributed by atoms with van der Waals surface area (Å²) in [4.78, 5) is 18.0. The summed E-state index contributed by atoms with van der Waals surface area (Å²) in [7, 11) is 0. The average molecular weight is 314 g/mol. The molecule has 1 aromatic carbocycles. The van der Waals surface area contributed by atoms with Crippen LogP contribution in [0.15, 0.2) is 28.8 Å². The molecular formula is C17H22N4O2. The second-order valence-corrected chi connectivity index (χ2v) is 5.95. The Morgan fingerprint density at radius 1 is 1.35 bits per heavy atom. The van der Waals surface area contributed by atoms with Crippen LogP contribution in [0, 0.1) is 0 Å². The van der Waals surface area contributed by atoms with Gasteiger partial charge in [-0.1, -0.05) is 42.8 Å². The zero-order chi connectivity index (χ0) is 16.2. The smallest absolute Gasteiger partial charge is 0.241 e. The Balaban J connectivity index is 1.72. The van der Waals surface area contributed by atoms with E-state index in [1.54, 1.807) is 0 Å². The number of likely N-dealkylation sites (tertiary alicyclic amines) is 1. The molecule has 6 heteroatoms. The van der Waals surface area contributed by atoms with E-state index >= 15 is 0 Å². The number of carbonyl (C=O) groups excluding carboxylic acids is 1. The van der Waals surface area contributed by atoms with Gasteiger partial charge in [-0.3, -0.25) is 9.69 Å². The molecule has 0 unspecified atom stereocenters. The van der Waals surface area contributed by atoms with E-state index in [1.165, 1.54) is 5.56 Å². The van der Waals surface area contributed by atoms with E-state index in [9.17, 15) is 4.79 Å². The summed E-state index contributed by atoms with van der Waals surface area (Å²) in [6.07, 6.45) is 3.89. The van der Waals surface area contributed by atoms with E-state index in [2.05, 4.69) is 29.2 Å². The van der Waals surface area contributed by atoms with Crippen LogP contribution in [0.1, 0.15) is 37.6 Å². The zero-order valence-electron chi connectivity index (χ0n) is 13.4. The van der Waals surface area contributed by atoms with Crippen LogP contribution in [0.5, 0.6) is 0 Å². The zero-order valence-corrected chi connectivity index (χ0v) is 13.4. The fraction of sp³-hybridized carbons (Fsp3) is 0.471. The Bertz CT molecular complexity index is 665. The van der Waals surface area contributed by atoms with Crippen molar-refractivity contribution in [1.29, 1.82) is 0 Å². The minimum atomic E-state index is -0.278. The number of aromatic nitrogens is 2. The molecule has 0 saturated carbocycles. The van der Waals surface area contributed by atoms with Crippen LogP contribution in [0.2, 0.25) is 0 Å². The van der Waals surface area contributed by atoms with Crippen molar-refractivity contribution in [2.45, 2.75) is 45.2 Å². The van der Waals surface area contributed by atoms with Crippen molar-refractivity contribution < 1.29 is 9.32 Å². The van der Waals surface area contributed by atoms with Crippen molar-refractivity contribution in [3.8, 4) is 11.4 Å². The molecule has 6 nitrogen and oxygen atoms in total. The minimum absolute atomic E-state index is 0.233. The molecule has 2 aromatic rings. The van der Waals surface area contributed by atoms with Crippen LogP contribution >= 0.6 is 0 Å². The molecule has 1 saturated heterocycles. The van der Waals surface area contributed by atoms with Crippen LogP contribution in [0.4, 0.5) is 0 Å². The number of hydrogen-bond donors (Lipinski definition) is 1. The molecule has 1 aliphatic heterocycles. The maximum absolute atomic E-state index is 11.6. The number of benzene rings is 1. The summed E-state index contributed by atoms with van der Waals surface area (Å²) in [5.74, 6) is 0.822. The first-order chi connectivity index (χ1) is 11.2. The number of rotatable bonds is 5. The van der Waals surface area contributed by atoms with Gasteiger partial charge >= 0.3 is 0 Å². The molecule has 0 spiro atoms. The van der Waals surface area contributed by atoms with Gasteiger partial charge in [0.15, 0.2) is 0 Å². The van der Waals surface area contributed by atoms with E-state index in [-0.39, 0.29) is 11.9 Å². The number of aryl methyl sites for hydroxylation is 1. The predicted molar refractivity (Wildman–Crippen MR) is 86.4 cm³/mol. The van der Waals surface area contributed by atoms with Gasteiger partial charge in [0.05, 0.1) is 12.6 Å². The number of piperidine rings is 1. The summed E-state index contributed by atoms with van der Waals surface area (Å²) in [6, 6.07) is 7.90. The van der Waals surface area contributed by atoms with Crippen LogP contribution in [-0.2, 0) is 17.8 Å². The van der Waals surface area contributed by atoms with Gasteiger partial charge < -0.3 is 10.3 Å². The Kier molecular flexibility index (Phi) is 4.71. The van der Waals surface area contributed by atoms with Crippen molar-refractivity contribution >= 4 is 5.91 Å². The van der Waals surface area contributed by atoms with E-state index < -0.39 is 0 Å². The third-order valence-electron chi connectivity index (χ3n) is 4.37. The molecule has 23 heavy (non-hydrogen) atoms. The molecule has 0 bridgehead atoms. The molecule has 0 radical (unpaired) electrons. The molecule has 122 valence electrons. The fourth-order valence-electron chi connectivity index (χ4n) is 3.00. The summed E-state index contributed by atoms with van der Waals surface area (Å²) in [6.45, 7) is 3.42. The monoisotopic (exact) mass is 314 g/mol. The first-order valence-corrected chi connectivity index (χ1v) is 8.12. The first kappa shape index (κ1) is 15.7. The number of primary amides is 1. The lowest BCUT2D eigenvalue weighted by molar-refractivity contribution is -0.124. The Labute approximate surface area is 135 Å². The minimum Gasteiger partial charge on any atom is -0.368 e. The summed E-state index contributed by atoms with van der Waals surface area (Å²) >= 11 is 0. The molecule has 1 aliphatic rings. The summed E-state index contributed by atoms with van der Waals surface area (Å²) in [5, 5.41) is 4.05. The van der Waals surface area contributed by atoms with E-state index in [0.717, 1.165) is 37.8 Å². The first-order valence-electron chi connectivity index (χ1n) is 8.12. The number of carbonyl (C=O) groups is 1. The molecule has 1 aromatic heterocycles. The molecule has 1 fully saturated rings. The third-order valence-corrected chi connectivity index (χ3v) is 4.37. The maximum Gasteiger partial charge on any atom is 0.241 e. The van der Waals surface area contributed by atoms with Gasteiger partial charge in [-0.05, 0) is 31.4 Å². The highest BCUT2D eigenvalue weighted by atomic mass is 16.5. The topological polar surface area (TPSA) is 85.3 Å². The van der Waals surface area contributed by atoms with Gasteiger partial charge in [0.1, 0.15) is 0 Å².